The van der Waals surface area contributed by atoms with Gasteiger partial charge in [-0.25, -0.2) is 0 Å². The predicted molar refractivity (Wildman–Crippen MR) is 99.8 cm³/mol. The number of amides is 1. The average Bonchev–Trinajstić information content (AvgIpc) is 3.29. The largest absolute Gasteiger partial charge is 0.418 e. The van der Waals surface area contributed by atoms with Crippen molar-refractivity contribution in [3.05, 3.63) is 23.4 Å². The lowest BCUT2D eigenvalue weighted by atomic mass is 10.2. The fourth-order valence-electron chi connectivity index (χ4n) is 3.01. The minimum Gasteiger partial charge on any atom is -0.418 e. The number of aromatic nitrogens is 2. The minimum absolute atomic E-state index is 0.0867. The molecule has 2 atom stereocenters. The molecule has 2 aromatic heterocycles. The normalized spacial score (nSPS) is 21.0. The molecule has 0 aromatic carbocycles. The number of carbonyl (C=O) groups is 1. The highest BCUT2D eigenvalue weighted by molar-refractivity contribution is 7.13. The van der Waals surface area contributed by atoms with E-state index in [0.29, 0.717) is 38.0 Å². The molecule has 2 unspecified atom stereocenters. The summed E-state index contributed by atoms with van der Waals surface area (Å²) >= 11 is 1.55. The van der Waals surface area contributed by atoms with Gasteiger partial charge >= 0.3 is 0 Å². The first-order chi connectivity index (χ1) is 12.6. The highest BCUT2D eigenvalue weighted by Gasteiger charge is 2.27. The van der Waals surface area contributed by atoms with Crippen LogP contribution in [0.1, 0.15) is 33.1 Å². The Bertz CT molecular complexity index is 703. The van der Waals surface area contributed by atoms with Gasteiger partial charge in [0.25, 0.3) is 5.89 Å². The molecule has 0 spiro atoms. The summed E-state index contributed by atoms with van der Waals surface area (Å²) in [6.07, 6.45) is 1.04. The van der Waals surface area contributed by atoms with Gasteiger partial charge < -0.3 is 14.1 Å². The van der Waals surface area contributed by atoms with E-state index in [2.05, 4.69) is 28.9 Å². The van der Waals surface area contributed by atoms with Crippen molar-refractivity contribution in [2.75, 3.05) is 26.2 Å². The first-order valence-electron chi connectivity index (χ1n) is 9.06. The summed E-state index contributed by atoms with van der Waals surface area (Å²) in [7, 11) is 0. The summed E-state index contributed by atoms with van der Waals surface area (Å²) in [5, 5.41) is 10.2. The zero-order valence-electron chi connectivity index (χ0n) is 15.6. The third-order valence-corrected chi connectivity index (χ3v) is 5.30. The maximum atomic E-state index is 12.8. The Morgan fingerprint density at radius 1 is 1.42 bits per heavy atom. The molecule has 0 radical (unpaired) electrons. The molecule has 7 nitrogen and oxygen atoms in total. The van der Waals surface area contributed by atoms with Crippen LogP contribution < -0.4 is 0 Å². The van der Waals surface area contributed by atoms with Crippen molar-refractivity contribution in [3.63, 3.8) is 0 Å². The predicted octanol–water partition coefficient (Wildman–Crippen LogP) is 2.65. The third kappa shape index (κ3) is 4.69. The van der Waals surface area contributed by atoms with Crippen molar-refractivity contribution >= 4 is 17.2 Å². The topological polar surface area (TPSA) is 71.7 Å². The lowest BCUT2D eigenvalue weighted by Gasteiger charge is -2.37. The zero-order chi connectivity index (χ0) is 18.5. The summed E-state index contributed by atoms with van der Waals surface area (Å²) in [5.41, 5.74) is 0. The van der Waals surface area contributed by atoms with Gasteiger partial charge in [0.05, 0.1) is 30.7 Å². The fraction of sp³-hybridized carbons (Fsp3) is 0.611. The van der Waals surface area contributed by atoms with Gasteiger partial charge in [0.2, 0.25) is 11.8 Å². The number of nitrogens with zero attached hydrogens (tertiary/aromatic N) is 4. The Kier molecular flexibility index (Phi) is 6.39. The monoisotopic (exact) mass is 378 g/mol. The summed E-state index contributed by atoms with van der Waals surface area (Å²) in [5.74, 6) is 1.07. The highest BCUT2D eigenvalue weighted by Crippen LogP contribution is 2.23. The minimum atomic E-state index is 0.0867. The molecule has 1 aliphatic rings. The van der Waals surface area contributed by atoms with E-state index < -0.39 is 0 Å². The Morgan fingerprint density at radius 2 is 2.27 bits per heavy atom. The van der Waals surface area contributed by atoms with E-state index in [4.69, 9.17) is 9.15 Å². The Balaban J connectivity index is 1.63. The maximum Gasteiger partial charge on any atom is 0.257 e. The molecular weight excluding hydrogens is 352 g/mol. The number of ether oxygens (including phenoxy) is 1. The second-order valence-electron chi connectivity index (χ2n) is 6.72. The molecule has 0 bridgehead atoms. The highest BCUT2D eigenvalue weighted by atomic mass is 32.1. The van der Waals surface area contributed by atoms with Gasteiger partial charge in [0.1, 0.15) is 0 Å². The van der Waals surface area contributed by atoms with E-state index in [9.17, 15) is 4.79 Å². The summed E-state index contributed by atoms with van der Waals surface area (Å²) in [6.45, 7) is 9.03. The van der Waals surface area contributed by atoms with E-state index in [0.717, 1.165) is 17.8 Å². The van der Waals surface area contributed by atoms with E-state index >= 15 is 0 Å². The molecule has 2 aromatic rings. The van der Waals surface area contributed by atoms with Gasteiger partial charge in [0, 0.05) is 19.1 Å². The molecule has 8 heteroatoms. The summed E-state index contributed by atoms with van der Waals surface area (Å²) in [6, 6.07) is 4.13. The second kappa shape index (κ2) is 8.75. The zero-order valence-corrected chi connectivity index (χ0v) is 16.4. The number of carbonyl (C=O) groups excluding carboxylic acids is 1. The van der Waals surface area contributed by atoms with Gasteiger partial charge in [0.15, 0.2) is 0 Å². The first kappa shape index (κ1) is 19.0. The van der Waals surface area contributed by atoms with Crippen LogP contribution in [0, 0.1) is 0 Å². The van der Waals surface area contributed by atoms with Crippen molar-refractivity contribution in [2.24, 2.45) is 0 Å². The SMILES string of the molecule is CCCN(Cc1nnc(-c2cccs2)o1)C(=O)CN1CC(C)OCC1C. The molecular formula is C18H26N4O3S. The van der Waals surface area contributed by atoms with Gasteiger partial charge in [-0.1, -0.05) is 13.0 Å². The molecule has 26 heavy (non-hydrogen) atoms. The number of morpholine rings is 1. The molecule has 142 valence electrons. The fourth-order valence-corrected chi connectivity index (χ4v) is 3.65. The van der Waals surface area contributed by atoms with Crippen LogP contribution in [0.2, 0.25) is 0 Å². The number of rotatable bonds is 7. The van der Waals surface area contributed by atoms with Crippen LogP contribution in [0.25, 0.3) is 10.8 Å². The van der Waals surface area contributed by atoms with E-state index in [-0.39, 0.29) is 18.1 Å². The van der Waals surface area contributed by atoms with Crippen molar-refractivity contribution in [3.8, 4) is 10.8 Å². The van der Waals surface area contributed by atoms with Crippen molar-refractivity contribution < 1.29 is 13.9 Å². The summed E-state index contributed by atoms with van der Waals surface area (Å²) in [4.78, 5) is 17.8. The van der Waals surface area contributed by atoms with Crippen LogP contribution in [0.4, 0.5) is 0 Å². The van der Waals surface area contributed by atoms with E-state index in [1.807, 2.05) is 24.4 Å². The maximum absolute atomic E-state index is 12.8. The standard InChI is InChI=1S/C18H26N4O3S/c1-4-7-21(17(23)11-22-9-14(3)24-12-13(22)2)10-16-19-20-18(25-16)15-6-5-8-26-15/h5-6,8,13-14H,4,7,9-12H2,1-3H3. The smallest absolute Gasteiger partial charge is 0.257 e. The van der Waals surface area contributed by atoms with Crippen LogP contribution >= 0.6 is 11.3 Å². The van der Waals surface area contributed by atoms with Crippen molar-refractivity contribution in [1.82, 2.24) is 20.0 Å². The number of hydrogen-bond acceptors (Lipinski definition) is 7. The molecule has 1 aliphatic heterocycles. The first-order valence-corrected chi connectivity index (χ1v) is 9.94. The van der Waals surface area contributed by atoms with Crippen LogP contribution in [-0.4, -0.2) is 64.3 Å². The molecule has 0 N–H and O–H groups in total. The third-order valence-electron chi connectivity index (χ3n) is 4.45. The van der Waals surface area contributed by atoms with Gasteiger partial charge in [-0.2, -0.15) is 0 Å². The van der Waals surface area contributed by atoms with Gasteiger partial charge in [-0.3, -0.25) is 9.69 Å². The van der Waals surface area contributed by atoms with Gasteiger partial charge in [-0.05, 0) is 31.7 Å². The quantitative estimate of drug-likeness (QED) is 0.738. The number of thiophene rings is 1. The van der Waals surface area contributed by atoms with Gasteiger partial charge in [-0.15, -0.1) is 21.5 Å². The lowest BCUT2D eigenvalue weighted by molar-refractivity contribution is -0.137. The molecule has 1 saturated heterocycles. The number of hydrogen-bond donors (Lipinski definition) is 0. The van der Waals surface area contributed by atoms with E-state index in [1.54, 1.807) is 16.2 Å². The van der Waals surface area contributed by atoms with Crippen LogP contribution in [0.3, 0.4) is 0 Å². The second-order valence-corrected chi connectivity index (χ2v) is 7.66. The Labute approximate surface area is 157 Å². The molecule has 1 amide bonds. The molecule has 3 rings (SSSR count). The Hall–Kier alpha value is -1.77. The molecule has 1 fully saturated rings. The Morgan fingerprint density at radius 3 is 3.00 bits per heavy atom. The molecule has 3 heterocycles. The van der Waals surface area contributed by atoms with Crippen molar-refractivity contribution in [1.29, 1.82) is 0 Å². The van der Waals surface area contributed by atoms with Crippen LogP contribution in [0.15, 0.2) is 21.9 Å². The average molecular weight is 378 g/mol. The van der Waals surface area contributed by atoms with E-state index in [1.165, 1.54) is 0 Å². The van der Waals surface area contributed by atoms with Crippen LogP contribution in [0.5, 0.6) is 0 Å². The molecule has 0 saturated carbocycles. The molecule has 0 aliphatic carbocycles. The summed E-state index contributed by atoms with van der Waals surface area (Å²) < 4.78 is 11.4. The lowest BCUT2D eigenvalue weighted by Crippen LogP contribution is -2.51. The van der Waals surface area contributed by atoms with Crippen LogP contribution in [-0.2, 0) is 16.1 Å². The van der Waals surface area contributed by atoms with Crippen molar-refractivity contribution in [2.45, 2.75) is 45.9 Å².